The number of amides is 1. The summed E-state index contributed by atoms with van der Waals surface area (Å²) in [6, 6.07) is 12.8. The van der Waals surface area contributed by atoms with E-state index in [2.05, 4.69) is 15.0 Å². The van der Waals surface area contributed by atoms with Crippen LogP contribution in [0.2, 0.25) is 10.0 Å². The number of pyridine rings is 1. The Morgan fingerprint density at radius 1 is 1.04 bits per heavy atom. The van der Waals surface area contributed by atoms with Crippen molar-refractivity contribution in [2.24, 2.45) is 0 Å². The Labute approximate surface area is 173 Å². The molecule has 0 spiro atoms. The van der Waals surface area contributed by atoms with E-state index in [1.54, 1.807) is 23.1 Å². The first kappa shape index (κ1) is 18.8. The van der Waals surface area contributed by atoms with E-state index in [1.807, 2.05) is 47.5 Å². The molecule has 1 unspecified atom stereocenters. The lowest BCUT2D eigenvalue weighted by molar-refractivity contribution is -0.134. The van der Waals surface area contributed by atoms with Crippen LogP contribution in [0.25, 0.3) is 0 Å². The zero-order valence-corrected chi connectivity index (χ0v) is 16.6. The molecule has 0 N–H and O–H groups in total. The minimum Gasteiger partial charge on any atom is -0.352 e. The molecular weight excluding hydrogens is 397 g/mol. The normalized spacial score (nSPS) is 15.5. The third-order valence-electron chi connectivity index (χ3n) is 4.82. The number of nitrogens with zero attached hydrogens (tertiary/aromatic N) is 5. The van der Waals surface area contributed by atoms with Crippen LogP contribution in [0.15, 0.2) is 61.1 Å². The Morgan fingerprint density at radius 2 is 1.79 bits per heavy atom. The third-order valence-corrected chi connectivity index (χ3v) is 5.30. The van der Waals surface area contributed by atoms with Crippen LogP contribution >= 0.6 is 23.2 Å². The molecule has 1 aliphatic rings. The van der Waals surface area contributed by atoms with Gasteiger partial charge in [0, 0.05) is 44.8 Å². The van der Waals surface area contributed by atoms with Gasteiger partial charge in [-0.15, -0.1) is 0 Å². The lowest BCUT2D eigenvalue weighted by Crippen LogP contribution is -2.51. The molecule has 1 aliphatic heterocycles. The summed E-state index contributed by atoms with van der Waals surface area (Å²) in [4.78, 5) is 21.6. The molecule has 1 aromatic carbocycles. The van der Waals surface area contributed by atoms with Crippen LogP contribution in [0, 0.1) is 0 Å². The molecule has 1 saturated heterocycles. The summed E-state index contributed by atoms with van der Waals surface area (Å²) in [7, 11) is 0. The molecule has 4 rings (SSSR count). The van der Waals surface area contributed by atoms with Crippen molar-refractivity contribution in [1.29, 1.82) is 0 Å². The van der Waals surface area contributed by atoms with Gasteiger partial charge in [0.25, 0.3) is 5.91 Å². The molecule has 28 heavy (non-hydrogen) atoms. The summed E-state index contributed by atoms with van der Waals surface area (Å²) in [6.45, 7) is 2.48. The zero-order valence-electron chi connectivity index (χ0n) is 15.1. The van der Waals surface area contributed by atoms with Crippen molar-refractivity contribution in [2.45, 2.75) is 6.04 Å². The van der Waals surface area contributed by atoms with Crippen LogP contribution in [0.4, 0.5) is 5.82 Å². The Morgan fingerprint density at radius 3 is 2.43 bits per heavy atom. The average Bonchev–Trinajstić information content (AvgIpc) is 3.23. The number of aromatic nitrogens is 3. The number of carbonyl (C=O) groups excluding carboxylic acids is 1. The molecule has 0 bridgehead atoms. The maximum absolute atomic E-state index is 13.3. The molecule has 3 aromatic rings. The second-order valence-corrected chi connectivity index (χ2v) is 7.41. The minimum absolute atomic E-state index is 0.0321. The number of rotatable bonds is 4. The van der Waals surface area contributed by atoms with E-state index in [4.69, 9.17) is 23.2 Å². The van der Waals surface area contributed by atoms with Crippen LogP contribution in [0.3, 0.4) is 0 Å². The molecule has 0 saturated carbocycles. The predicted octanol–water partition coefficient (Wildman–Crippen LogP) is 3.52. The second kappa shape index (κ2) is 8.20. The average molecular weight is 416 g/mol. The van der Waals surface area contributed by atoms with Gasteiger partial charge < -0.3 is 9.80 Å². The topological polar surface area (TPSA) is 54.3 Å². The van der Waals surface area contributed by atoms with Crippen LogP contribution in [0.5, 0.6) is 0 Å². The van der Waals surface area contributed by atoms with E-state index >= 15 is 0 Å². The van der Waals surface area contributed by atoms with Gasteiger partial charge in [0.05, 0.1) is 10.0 Å². The molecule has 2 aromatic heterocycles. The van der Waals surface area contributed by atoms with E-state index in [-0.39, 0.29) is 5.91 Å². The fraction of sp³-hybridized carbons (Fsp3) is 0.250. The maximum atomic E-state index is 13.3. The molecule has 0 radical (unpaired) electrons. The van der Waals surface area contributed by atoms with Crippen molar-refractivity contribution in [3.8, 4) is 0 Å². The summed E-state index contributed by atoms with van der Waals surface area (Å²) in [5, 5.41) is 5.34. The maximum Gasteiger partial charge on any atom is 0.252 e. The fourth-order valence-electron chi connectivity index (χ4n) is 3.43. The van der Waals surface area contributed by atoms with Crippen molar-refractivity contribution in [2.75, 3.05) is 31.1 Å². The predicted molar refractivity (Wildman–Crippen MR) is 110 cm³/mol. The number of piperazine rings is 1. The van der Waals surface area contributed by atoms with E-state index in [1.165, 1.54) is 0 Å². The first-order chi connectivity index (χ1) is 13.6. The molecule has 144 valence electrons. The van der Waals surface area contributed by atoms with Crippen LogP contribution in [-0.2, 0) is 4.79 Å². The van der Waals surface area contributed by atoms with Crippen molar-refractivity contribution in [3.63, 3.8) is 0 Å². The fourth-order valence-corrected chi connectivity index (χ4v) is 3.93. The van der Waals surface area contributed by atoms with Gasteiger partial charge >= 0.3 is 0 Å². The third kappa shape index (κ3) is 3.84. The second-order valence-electron chi connectivity index (χ2n) is 6.57. The van der Waals surface area contributed by atoms with E-state index in [0.717, 1.165) is 5.56 Å². The number of benzene rings is 1. The van der Waals surface area contributed by atoms with Gasteiger partial charge in [-0.1, -0.05) is 53.5 Å². The van der Waals surface area contributed by atoms with Gasteiger partial charge in [-0.3, -0.25) is 9.48 Å². The Balaban J connectivity index is 1.51. The van der Waals surface area contributed by atoms with Crippen LogP contribution in [-0.4, -0.2) is 51.8 Å². The standard InChI is InChI=1S/C20H19Cl2N5O/c21-16-13-17(22)19(23-14-16)25-9-11-26(12-10-25)20(28)18(27-8-4-7-24-27)15-5-2-1-3-6-15/h1-8,13-14,18H,9-12H2. The smallest absolute Gasteiger partial charge is 0.252 e. The monoisotopic (exact) mass is 415 g/mol. The summed E-state index contributed by atoms with van der Waals surface area (Å²) in [5.74, 6) is 0.731. The van der Waals surface area contributed by atoms with E-state index in [0.29, 0.717) is 42.0 Å². The highest BCUT2D eigenvalue weighted by molar-refractivity contribution is 6.36. The molecule has 6 nitrogen and oxygen atoms in total. The zero-order chi connectivity index (χ0) is 19.5. The summed E-state index contributed by atoms with van der Waals surface area (Å²) in [5.41, 5.74) is 0.918. The minimum atomic E-state index is -0.472. The summed E-state index contributed by atoms with van der Waals surface area (Å²) in [6.07, 6.45) is 5.10. The first-order valence-electron chi connectivity index (χ1n) is 9.02. The van der Waals surface area contributed by atoms with Gasteiger partial charge in [0.1, 0.15) is 5.82 Å². The van der Waals surface area contributed by atoms with Gasteiger partial charge in [-0.25, -0.2) is 4.98 Å². The molecular formula is C20H19Cl2N5O. The SMILES string of the molecule is O=C(C(c1ccccc1)n1cccn1)N1CCN(c2ncc(Cl)cc2Cl)CC1. The van der Waals surface area contributed by atoms with Crippen molar-refractivity contribution < 1.29 is 4.79 Å². The van der Waals surface area contributed by atoms with Crippen LogP contribution in [0.1, 0.15) is 11.6 Å². The highest BCUT2D eigenvalue weighted by Gasteiger charge is 2.30. The molecule has 8 heteroatoms. The highest BCUT2D eigenvalue weighted by atomic mass is 35.5. The van der Waals surface area contributed by atoms with Gasteiger partial charge in [-0.05, 0) is 17.7 Å². The molecule has 1 atom stereocenters. The number of hydrogen-bond donors (Lipinski definition) is 0. The number of carbonyl (C=O) groups is 1. The van der Waals surface area contributed by atoms with Crippen molar-refractivity contribution in [1.82, 2.24) is 19.7 Å². The quantitative estimate of drug-likeness (QED) is 0.653. The van der Waals surface area contributed by atoms with E-state index in [9.17, 15) is 4.79 Å². The van der Waals surface area contributed by atoms with Crippen molar-refractivity contribution >= 4 is 34.9 Å². The van der Waals surface area contributed by atoms with Crippen molar-refractivity contribution in [3.05, 3.63) is 76.7 Å². The van der Waals surface area contributed by atoms with Gasteiger partial charge in [0.2, 0.25) is 0 Å². The molecule has 0 aliphatic carbocycles. The molecule has 3 heterocycles. The Kier molecular flexibility index (Phi) is 5.50. The van der Waals surface area contributed by atoms with Crippen LogP contribution < -0.4 is 4.90 Å². The Hall–Kier alpha value is -2.57. The van der Waals surface area contributed by atoms with Gasteiger partial charge in [0.15, 0.2) is 6.04 Å². The largest absolute Gasteiger partial charge is 0.352 e. The lowest BCUT2D eigenvalue weighted by Gasteiger charge is -2.37. The summed E-state index contributed by atoms with van der Waals surface area (Å²) < 4.78 is 1.71. The number of halogens is 2. The van der Waals surface area contributed by atoms with E-state index < -0.39 is 6.04 Å². The first-order valence-corrected chi connectivity index (χ1v) is 9.78. The van der Waals surface area contributed by atoms with Gasteiger partial charge in [-0.2, -0.15) is 5.10 Å². The Bertz CT molecular complexity index is 940. The molecule has 1 fully saturated rings. The number of hydrogen-bond acceptors (Lipinski definition) is 4. The summed E-state index contributed by atoms with van der Waals surface area (Å²) >= 11 is 12.2. The highest BCUT2D eigenvalue weighted by Crippen LogP contribution is 2.27. The number of anilines is 1. The lowest BCUT2D eigenvalue weighted by atomic mass is 10.1. The molecule has 1 amide bonds.